The monoisotopic (exact) mass is 488 g/mol. The van der Waals surface area contributed by atoms with Crippen LogP contribution in [0.15, 0.2) is 34.9 Å². The second-order valence-corrected chi connectivity index (χ2v) is 11.5. The quantitative estimate of drug-likeness (QED) is 0.609. The van der Waals surface area contributed by atoms with Gasteiger partial charge in [0, 0.05) is 44.8 Å². The summed E-state index contributed by atoms with van der Waals surface area (Å²) in [7, 11) is -1.21. The van der Waals surface area contributed by atoms with E-state index in [1.807, 2.05) is 34.9 Å². The SMILES string of the molecule is Cc1ccc(C(=O)N(C)Cc2ccco2)c(C2CCN(C(=O)CN3CCS(=O)(=O)CC3)CC2)n1. The molecule has 0 aromatic carbocycles. The molecule has 184 valence electrons. The highest BCUT2D eigenvalue weighted by atomic mass is 32.2. The van der Waals surface area contributed by atoms with Crippen molar-refractivity contribution in [2.45, 2.75) is 32.2 Å². The van der Waals surface area contributed by atoms with Gasteiger partial charge < -0.3 is 14.2 Å². The molecule has 2 aromatic heterocycles. The van der Waals surface area contributed by atoms with Gasteiger partial charge >= 0.3 is 0 Å². The van der Waals surface area contributed by atoms with Gasteiger partial charge in [0.15, 0.2) is 9.84 Å². The number of amides is 2. The molecule has 4 heterocycles. The van der Waals surface area contributed by atoms with E-state index in [9.17, 15) is 18.0 Å². The van der Waals surface area contributed by atoms with Gasteiger partial charge in [-0.25, -0.2) is 8.42 Å². The van der Waals surface area contributed by atoms with Gasteiger partial charge in [-0.3, -0.25) is 19.5 Å². The Morgan fingerprint density at radius 1 is 1.12 bits per heavy atom. The highest BCUT2D eigenvalue weighted by Gasteiger charge is 2.30. The number of piperidine rings is 1. The Labute approximate surface area is 200 Å². The van der Waals surface area contributed by atoms with Gasteiger partial charge in [-0.1, -0.05) is 0 Å². The van der Waals surface area contributed by atoms with Crippen LogP contribution in [-0.2, 0) is 21.2 Å². The van der Waals surface area contributed by atoms with Crippen LogP contribution in [0.4, 0.5) is 0 Å². The smallest absolute Gasteiger partial charge is 0.255 e. The third kappa shape index (κ3) is 5.85. The molecule has 0 N–H and O–H groups in total. The van der Waals surface area contributed by atoms with Gasteiger partial charge in [-0.2, -0.15) is 0 Å². The Morgan fingerprint density at radius 2 is 1.82 bits per heavy atom. The largest absolute Gasteiger partial charge is 0.467 e. The van der Waals surface area contributed by atoms with Crippen LogP contribution in [0.25, 0.3) is 0 Å². The lowest BCUT2D eigenvalue weighted by Gasteiger charge is -2.34. The third-order valence-corrected chi connectivity index (χ3v) is 8.25. The Balaban J connectivity index is 1.37. The number of carbonyl (C=O) groups excluding carboxylic acids is 2. The number of aromatic nitrogens is 1. The third-order valence-electron chi connectivity index (χ3n) is 6.64. The normalized spacial score (nSPS) is 19.2. The minimum atomic E-state index is -2.96. The summed E-state index contributed by atoms with van der Waals surface area (Å²) in [5.74, 6) is 0.983. The van der Waals surface area contributed by atoms with E-state index in [1.165, 1.54) is 0 Å². The number of carbonyl (C=O) groups is 2. The highest BCUT2D eigenvalue weighted by Crippen LogP contribution is 2.30. The molecule has 0 bridgehead atoms. The molecule has 4 rings (SSSR count). The maximum absolute atomic E-state index is 13.2. The number of rotatable bonds is 6. The molecule has 0 aliphatic carbocycles. The van der Waals surface area contributed by atoms with Crippen LogP contribution in [0, 0.1) is 6.92 Å². The second kappa shape index (κ2) is 10.3. The molecule has 0 spiro atoms. The van der Waals surface area contributed by atoms with Crippen molar-refractivity contribution in [3.8, 4) is 0 Å². The summed E-state index contributed by atoms with van der Waals surface area (Å²) in [5.41, 5.74) is 2.25. The van der Waals surface area contributed by atoms with Crippen molar-refractivity contribution in [2.75, 3.05) is 51.3 Å². The van der Waals surface area contributed by atoms with Crippen LogP contribution in [-0.4, -0.2) is 91.2 Å². The fourth-order valence-corrected chi connectivity index (χ4v) is 5.86. The van der Waals surface area contributed by atoms with Crippen molar-refractivity contribution in [3.63, 3.8) is 0 Å². The lowest BCUT2D eigenvalue weighted by Crippen LogP contribution is -2.48. The molecule has 34 heavy (non-hydrogen) atoms. The predicted molar refractivity (Wildman–Crippen MR) is 127 cm³/mol. The Bertz CT molecular complexity index is 1110. The Kier molecular flexibility index (Phi) is 7.37. The van der Waals surface area contributed by atoms with E-state index in [0.29, 0.717) is 38.3 Å². The zero-order valence-electron chi connectivity index (χ0n) is 19.8. The maximum Gasteiger partial charge on any atom is 0.255 e. The zero-order chi connectivity index (χ0) is 24.3. The van der Waals surface area contributed by atoms with Gasteiger partial charge in [0.25, 0.3) is 5.91 Å². The molecule has 0 atom stereocenters. The van der Waals surface area contributed by atoms with Gasteiger partial charge in [0.1, 0.15) is 5.76 Å². The number of likely N-dealkylation sites (tertiary alicyclic amines) is 1. The second-order valence-electron chi connectivity index (χ2n) is 9.21. The minimum Gasteiger partial charge on any atom is -0.467 e. The molecule has 2 amide bonds. The average molecular weight is 489 g/mol. The van der Waals surface area contributed by atoms with E-state index >= 15 is 0 Å². The van der Waals surface area contributed by atoms with Crippen LogP contribution in [0.1, 0.15) is 46.3 Å². The number of sulfone groups is 1. The number of aryl methyl sites for hydroxylation is 1. The van der Waals surface area contributed by atoms with E-state index < -0.39 is 9.84 Å². The number of nitrogens with zero attached hydrogens (tertiary/aromatic N) is 4. The molecular weight excluding hydrogens is 456 g/mol. The molecule has 2 aromatic rings. The molecular formula is C24H32N4O5S. The molecule has 2 aliphatic heterocycles. The molecule has 2 fully saturated rings. The lowest BCUT2D eigenvalue weighted by molar-refractivity contribution is -0.133. The number of pyridine rings is 1. The summed E-state index contributed by atoms with van der Waals surface area (Å²) >= 11 is 0. The van der Waals surface area contributed by atoms with E-state index in [2.05, 4.69) is 0 Å². The molecule has 2 aliphatic rings. The van der Waals surface area contributed by atoms with E-state index in [-0.39, 0.29) is 35.8 Å². The highest BCUT2D eigenvalue weighted by molar-refractivity contribution is 7.91. The van der Waals surface area contributed by atoms with Crippen molar-refractivity contribution in [2.24, 2.45) is 0 Å². The first kappa shape index (κ1) is 24.4. The van der Waals surface area contributed by atoms with Crippen molar-refractivity contribution in [1.82, 2.24) is 19.7 Å². The molecule has 0 unspecified atom stereocenters. The fourth-order valence-electron chi connectivity index (χ4n) is 4.58. The predicted octanol–water partition coefficient (Wildman–Crippen LogP) is 1.69. The van der Waals surface area contributed by atoms with Crippen molar-refractivity contribution in [3.05, 3.63) is 53.2 Å². The van der Waals surface area contributed by atoms with Crippen LogP contribution in [0.3, 0.4) is 0 Å². The first-order valence-electron chi connectivity index (χ1n) is 11.7. The molecule has 0 saturated carbocycles. The van der Waals surface area contributed by atoms with Crippen LogP contribution in [0.5, 0.6) is 0 Å². The number of furan rings is 1. The lowest BCUT2D eigenvalue weighted by atomic mass is 9.89. The van der Waals surface area contributed by atoms with Crippen molar-refractivity contribution >= 4 is 21.7 Å². The fraction of sp³-hybridized carbons (Fsp3) is 0.542. The summed E-state index contributed by atoms with van der Waals surface area (Å²) in [6.45, 7) is 4.57. The molecule has 2 saturated heterocycles. The van der Waals surface area contributed by atoms with Crippen LogP contribution in [0.2, 0.25) is 0 Å². The number of hydrogen-bond donors (Lipinski definition) is 0. The Hall–Kier alpha value is -2.72. The van der Waals surface area contributed by atoms with Gasteiger partial charge in [-0.15, -0.1) is 0 Å². The first-order valence-corrected chi connectivity index (χ1v) is 13.5. The summed E-state index contributed by atoms with van der Waals surface area (Å²) in [5, 5.41) is 0. The summed E-state index contributed by atoms with van der Waals surface area (Å²) < 4.78 is 28.6. The number of hydrogen-bond acceptors (Lipinski definition) is 7. The van der Waals surface area contributed by atoms with E-state index in [0.717, 1.165) is 30.0 Å². The first-order chi connectivity index (χ1) is 16.2. The van der Waals surface area contributed by atoms with Gasteiger partial charge in [-0.05, 0) is 44.0 Å². The zero-order valence-corrected chi connectivity index (χ0v) is 20.6. The van der Waals surface area contributed by atoms with Gasteiger partial charge in [0.2, 0.25) is 5.91 Å². The van der Waals surface area contributed by atoms with E-state index in [1.54, 1.807) is 24.3 Å². The molecule has 0 radical (unpaired) electrons. The Morgan fingerprint density at radius 3 is 2.47 bits per heavy atom. The standard InChI is InChI=1S/C24H32N4O5S/c1-18-5-6-21(24(30)26(2)16-20-4-3-13-33-20)23(25-18)19-7-9-28(10-8-19)22(29)17-27-11-14-34(31,32)15-12-27/h3-6,13,19H,7-12,14-17H2,1-2H3. The van der Waals surface area contributed by atoms with Crippen molar-refractivity contribution < 1.29 is 22.4 Å². The van der Waals surface area contributed by atoms with Gasteiger partial charge in [0.05, 0.1) is 42.1 Å². The van der Waals surface area contributed by atoms with E-state index in [4.69, 9.17) is 9.40 Å². The maximum atomic E-state index is 13.2. The molecule has 9 nitrogen and oxygen atoms in total. The summed E-state index contributed by atoms with van der Waals surface area (Å²) in [4.78, 5) is 36.1. The topological polar surface area (TPSA) is 104 Å². The summed E-state index contributed by atoms with van der Waals surface area (Å²) in [6, 6.07) is 7.35. The summed E-state index contributed by atoms with van der Waals surface area (Å²) in [6.07, 6.45) is 3.06. The van der Waals surface area contributed by atoms with Crippen LogP contribution >= 0.6 is 0 Å². The minimum absolute atomic E-state index is 0.0319. The van der Waals surface area contributed by atoms with Crippen LogP contribution < -0.4 is 0 Å². The average Bonchev–Trinajstić information content (AvgIpc) is 3.33. The molecule has 10 heteroatoms. The van der Waals surface area contributed by atoms with Crippen molar-refractivity contribution in [1.29, 1.82) is 0 Å².